The van der Waals surface area contributed by atoms with Crippen molar-refractivity contribution in [3.63, 3.8) is 0 Å². The number of amides is 1. The lowest BCUT2D eigenvalue weighted by atomic mass is 10.2. The Morgan fingerprint density at radius 1 is 1.00 bits per heavy atom. The Labute approximate surface area is 175 Å². The molecule has 4 aromatic rings. The van der Waals surface area contributed by atoms with Gasteiger partial charge in [0.15, 0.2) is 6.61 Å². The molecule has 0 fully saturated rings. The zero-order valence-electron chi connectivity index (χ0n) is 15.2. The number of nitrogens with zero attached hydrogens (tertiary/aromatic N) is 1. The Hall–Kier alpha value is -3.45. The van der Waals surface area contributed by atoms with Crippen LogP contribution in [0.25, 0.3) is 22.4 Å². The van der Waals surface area contributed by atoms with E-state index in [-0.39, 0.29) is 6.61 Å². The van der Waals surface area contributed by atoms with E-state index in [2.05, 4.69) is 31.2 Å². The summed E-state index contributed by atoms with van der Waals surface area (Å²) in [5.41, 5.74) is 3.37. The number of carbonyl (C=O) groups excluding carboxylic acids is 2. The van der Waals surface area contributed by atoms with Crippen LogP contribution in [0.15, 0.2) is 77.3 Å². The summed E-state index contributed by atoms with van der Waals surface area (Å²) >= 11 is 3.35. The number of benzene rings is 3. The van der Waals surface area contributed by atoms with E-state index in [4.69, 9.17) is 4.74 Å². The highest BCUT2D eigenvalue weighted by Crippen LogP contribution is 2.22. The number of hydrogen-bond acceptors (Lipinski definition) is 4. The minimum atomic E-state index is -0.579. The number of aromatic amines is 1. The Balaban J connectivity index is 1.43. The second-order valence-corrected chi connectivity index (χ2v) is 7.14. The minimum Gasteiger partial charge on any atom is -0.452 e. The molecule has 0 saturated heterocycles. The molecule has 6 nitrogen and oxygen atoms in total. The van der Waals surface area contributed by atoms with Gasteiger partial charge in [0.25, 0.3) is 5.91 Å². The first kappa shape index (κ1) is 18.9. The summed E-state index contributed by atoms with van der Waals surface area (Å²) in [7, 11) is 0. The van der Waals surface area contributed by atoms with Crippen molar-refractivity contribution in [3.8, 4) is 11.4 Å². The topological polar surface area (TPSA) is 84.1 Å². The van der Waals surface area contributed by atoms with Crippen LogP contribution in [-0.4, -0.2) is 28.5 Å². The van der Waals surface area contributed by atoms with Crippen molar-refractivity contribution in [1.29, 1.82) is 0 Å². The highest BCUT2D eigenvalue weighted by Gasteiger charge is 2.13. The predicted octanol–water partition coefficient (Wildman–Crippen LogP) is 4.79. The number of ether oxygens (including phenoxy) is 1. The van der Waals surface area contributed by atoms with Gasteiger partial charge in [0.1, 0.15) is 5.82 Å². The van der Waals surface area contributed by atoms with Crippen LogP contribution < -0.4 is 5.32 Å². The van der Waals surface area contributed by atoms with Crippen LogP contribution in [0.1, 0.15) is 10.4 Å². The first-order chi connectivity index (χ1) is 14.1. The molecule has 0 atom stereocenters. The number of anilines is 1. The monoisotopic (exact) mass is 449 g/mol. The van der Waals surface area contributed by atoms with E-state index >= 15 is 0 Å². The predicted molar refractivity (Wildman–Crippen MR) is 115 cm³/mol. The lowest BCUT2D eigenvalue weighted by molar-refractivity contribution is -0.119. The molecule has 0 radical (unpaired) electrons. The normalized spacial score (nSPS) is 10.7. The van der Waals surface area contributed by atoms with Crippen molar-refractivity contribution < 1.29 is 14.3 Å². The van der Waals surface area contributed by atoms with Gasteiger partial charge < -0.3 is 15.0 Å². The third-order valence-electron chi connectivity index (χ3n) is 4.25. The molecule has 0 bridgehead atoms. The summed E-state index contributed by atoms with van der Waals surface area (Å²) in [6, 6.07) is 22.0. The molecule has 0 saturated carbocycles. The molecule has 0 aliphatic heterocycles. The fourth-order valence-corrected chi connectivity index (χ4v) is 3.22. The molecule has 0 aliphatic rings. The van der Waals surface area contributed by atoms with Crippen molar-refractivity contribution in [3.05, 3.63) is 82.8 Å². The van der Waals surface area contributed by atoms with Crippen molar-refractivity contribution in [2.75, 3.05) is 11.9 Å². The van der Waals surface area contributed by atoms with Crippen LogP contribution in [0, 0.1) is 0 Å². The Morgan fingerprint density at radius 2 is 1.76 bits per heavy atom. The van der Waals surface area contributed by atoms with Gasteiger partial charge in [0, 0.05) is 10.0 Å². The van der Waals surface area contributed by atoms with Gasteiger partial charge in [0.2, 0.25) is 0 Å². The van der Waals surface area contributed by atoms with E-state index < -0.39 is 11.9 Å². The van der Waals surface area contributed by atoms with Crippen LogP contribution in [-0.2, 0) is 9.53 Å². The maximum atomic E-state index is 12.3. The molecule has 0 spiro atoms. The molecule has 3 aromatic carbocycles. The van der Waals surface area contributed by atoms with E-state index in [1.165, 1.54) is 0 Å². The summed E-state index contributed by atoms with van der Waals surface area (Å²) in [5.74, 6) is -0.275. The molecule has 1 aromatic heterocycles. The number of para-hydroxylation sites is 1. The molecule has 1 amide bonds. The van der Waals surface area contributed by atoms with E-state index in [1.807, 2.05) is 42.5 Å². The number of esters is 1. The zero-order chi connectivity index (χ0) is 20.2. The number of carbonyl (C=O) groups is 2. The number of hydrogen-bond donors (Lipinski definition) is 2. The first-order valence-electron chi connectivity index (χ1n) is 8.87. The van der Waals surface area contributed by atoms with E-state index in [0.29, 0.717) is 11.3 Å². The van der Waals surface area contributed by atoms with Gasteiger partial charge in [-0.2, -0.15) is 0 Å². The highest BCUT2D eigenvalue weighted by molar-refractivity contribution is 9.10. The Bertz CT molecular complexity index is 1190. The van der Waals surface area contributed by atoms with Gasteiger partial charge in [-0.25, -0.2) is 9.78 Å². The largest absolute Gasteiger partial charge is 0.452 e. The first-order valence-corrected chi connectivity index (χ1v) is 9.66. The van der Waals surface area contributed by atoms with Crippen LogP contribution in [0.3, 0.4) is 0 Å². The van der Waals surface area contributed by atoms with E-state index in [1.54, 1.807) is 30.3 Å². The van der Waals surface area contributed by atoms with Gasteiger partial charge in [-0.1, -0.05) is 42.5 Å². The number of halogens is 1. The summed E-state index contributed by atoms with van der Waals surface area (Å²) < 4.78 is 5.89. The highest BCUT2D eigenvalue weighted by atomic mass is 79.9. The van der Waals surface area contributed by atoms with Crippen LogP contribution in [0.5, 0.6) is 0 Å². The van der Waals surface area contributed by atoms with Crippen molar-refractivity contribution in [2.45, 2.75) is 0 Å². The quantitative estimate of drug-likeness (QED) is 0.429. The summed E-state index contributed by atoms with van der Waals surface area (Å²) in [6.45, 7) is -0.379. The lowest BCUT2D eigenvalue weighted by Gasteiger charge is -2.08. The van der Waals surface area contributed by atoms with Gasteiger partial charge in [-0.3, -0.25) is 4.79 Å². The lowest BCUT2D eigenvalue weighted by Crippen LogP contribution is -2.21. The molecule has 2 N–H and O–H groups in total. The number of fused-ring (bicyclic) bond motifs is 1. The zero-order valence-corrected chi connectivity index (χ0v) is 16.8. The molecular formula is C22H16BrN3O3. The average Bonchev–Trinajstić information content (AvgIpc) is 3.18. The average molecular weight is 450 g/mol. The number of nitrogens with one attached hydrogen (secondary N) is 2. The number of imidazole rings is 1. The van der Waals surface area contributed by atoms with E-state index in [9.17, 15) is 9.59 Å². The second-order valence-electron chi connectivity index (χ2n) is 6.29. The fraction of sp³-hybridized carbons (Fsp3) is 0.0455. The van der Waals surface area contributed by atoms with Gasteiger partial charge in [-0.15, -0.1) is 0 Å². The van der Waals surface area contributed by atoms with Gasteiger partial charge in [0.05, 0.1) is 22.3 Å². The molecule has 144 valence electrons. The maximum Gasteiger partial charge on any atom is 0.338 e. The summed E-state index contributed by atoms with van der Waals surface area (Å²) in [4.78, 5) is 32.1. The third-order valence-corrected chi connectivity index (χ3v) is 4.94. The molecule has 4 rings (SSSR count). The SMILES string of the molecule is O=C(COC(=O)c1ccc2nc(-c3ccccc3)[nH]c2c1)Nc1ccccc1Br. The maximum absolute atomic E-state index is 12.3. The molecule has 7 heteroatoms. The number of H-pyrrole nitrogens is 1. The Kier molecular flexibility index (Phi) is 5.39. The van der Waals surface area contributed by atoms with Gasteiger partial charge >= 0.3 is 5.97 Å². The molecule has 1 heterocycles. The smallest absolute Gasteiger partial charge is 0.338 e. The van der Waals surface area contributed by atoms with E-state index in [0.717, 1.165) is 26.9 Å². The van der Waals surface area contributed by atoms with Crippen LogP contribution >= 0.6 is 15.9 Å². The van der Waals surface area contributed by atoms with Crippen molar-refractivity contribution in [1.82, 2.24) is 9.97 Å². The number of rotatable bonds is 5. The van der Waals surface area contributed by atoms with Crippen molar-refractivity contribution in [2.24, 2.45) is 0 Å². The summed E-state index contributed by atoms with van der Waals surface area (Å²) in [6.07, 6.45) is 0. The van der Waals surface area contributed by atoms with Gasteiger partial charge in [-0.05, 0) is 46.3 Å². The summed E-state index contributed by atoms with van der Waals surface area (Å²) in [5, 5.41) is 2.69. The van der Waals surface area contributed by atoms with Crippen LogP contribution in [0.4, 0.5) is 5.69 Å². The molecule has 0 unspecified atom stereocenters. The number of aromatic nitrogens is 2. The minimum absolute atomic E-state index is 0.342. The molecule has 0 aliphatic carbocycles. The Morgan fingerprint density at radius 3 is 2.55 bits per heavy atom. The molecular weight excluding hydrogens is 434 g/mol. The second kappa shape index (κ2) is 8.28. The standard InChI is InChI=1S/C22H16BrN3O3/c23-16-8-4-5-9-17(16)24-20(27)13-29-22(28)15-10-11-18-19(12-15)26-21(25-18)14-6-2-1-3-7-14/h1-12H,13H2,(H,24,27)(H,25,26). The fourth-order valence-electron chi connectivity index (χ4n) is 2.83. The van der Waals surface area contributed by atoms with Crippen molar-refractivity contribution >= 4 is 44.5 Å². The third kappa shape index (κ3) is 4.35. The van der Waals surface area contributed by atoms with Crippen LogP contribution in [0.2, 0.25) is 0 Å². The molecule has 29 heavy (non-hydrogen) atoms.